The third kappa shape index (κ3) is 3.64. The largest absolute Gasteiger partial charge is 0.394 e. The van der Waals surface area contributed by atoms with Gasteiger partial charge in [-0.1, -0.05) is 12.1 Å². The van der Waals surface area contributed by atoms with Crippen molar-refractivity contribution in [1.29, 1.82) is 5.26 Å². The lowest BCUT2D eigenvalue weighted by Gasteiger charge is -2.06. The fraction of sp³-hybridized carbons (Fsp3) is 0.500. The second-order valence-electron chi connectivity index (χ2n) is 4.73. The summed E-state index contributed by atoms with van der Waals surface area (Å²) in [6.45, 7) is 4.21. The van der Waals surface area contributed by atoms with Crippen LogP contribution in [0.3, 0.4) is 0 Å². The molecule has 1 aliphatic rings. The number of nitrogens with zero attached hydrogens (tertiary/aromatic N) is 3. The molecule has 1 aromatic heterocycles. The van der Waals surface area contributed by atoms with Gasteiger partial charge in [0.05, 0.1) is 21.4 Å². The molecule has 0 aromatic carbocycles. The summed E-state index contributed by atoms with van der Waals surface area (Å²) in [5.74, 6) is 1.10. The lowest BCUT2D eigenvalue weighted by atomic mass is 10.2. The van der Waals surface area contributed by atoms with Crippen LogP contribution in [0.4, 0.5) is 0 Å². The van der Waals surface area contributed by atoms with Gasteiger partial charge in [-0.25, -0.2) is 0 Å². The highest BCUT2D eigenvalue weighted by Gasteiger charge is 2.22. The summed E-state index contributed by atoms with van der Waals surface area (Å²) in [5, 5.41) is 13.0. The first-order valence-corrected chi connectivity index (χ1v) is 7.93. The molecule has 0 aliphatic heterocycles. The molecule has 6 heteroatoms. The van der Waals surface area contributed by atoms with Gasteiger partial charge in [0.25, 0.3) is 0 Å². The van der Waals surface area contributed by atoms with E-state index < -0.39 is 10.8 Å². The number of hydrogen-bond donors (Lipinski definition) is 0. The lowest BCUT2D eigenvalue weighted by molar-refractivity contribution is 0.134. The van der Waals surface area contributed by atoms with E-state index in [1.54, 1.807) is 19.2 Å². The molecule has 0 radical (unpaired) electrons. The van der Waals surface area contributed by atoms with Crippen molar-refractivity contribution >= 4 is 16.5 Å². The fourth-order valence-corrected chi connectivity index (χ4v) is 2.61. The van der Waals surface area contributed by atoms with E-state index in [1.165, 1.54) is 12.8 Å². The molecule has 0 bridgehead atoms. The number of pyridine rings is 1. The molecule has 1 aromatic rings. The van der Waals surface area contributed by atoms with Crippen molar-refractivity contribution in [3.05, 3.63) is 23.5 Å². The Labute approximate surface area is 121 Å². The second kappa shape index (κ2) is 6.62. The van der Waals surface area contributed by atoms with E-state index >= 15 is 0 Å². The average Bonchev–Trinajstić information content (AvgIpc) is 3.28. The molecule has 20 heavy (non-hydrogen) atoms. The van der Waals surface area contributed by atoms with Gasteiger partial charge >= 0.3 is 0 Å². The van der Waals surface area contributed by atoms with Crippen molar-refractivity contribution in [1.82, 2.24) is 4.98 Å². The van der Waals surface area contributed by atoms with Crippen molar-refractivity contribution in [2.24, 2.45) is 11.1 Å². The van der Waals surface area contributed by atoms with E-state index in [9.17, 15) is 4.21 Å². The molecule has 1 aliphatic carbocycles. The molecule has 106 valence electrons. The van der Waals surface area contributed by atoms with Crippen LogP contribution in [0.15, 0.2) is 22.3 Å². The Morgan fingerprint density at radius 1 is 1.65 bits per heavy atom. The third-order valence-corrected chi connectivity index (χ3v) is 4.52. The van der Waals surface area contributed by atoms with E-state index in [1.807, 2.05) is 13.0 Å². The molecule has 0 amide bonds. The number of nitriles is 1. The van der Waals surface area contributed by atoms with Gasteiger partial charge in [0.15, 0.2) is 5.71 Å². The first-order valence-electron chi connectivity index (χ1n) is 6.61. The Morgan fingerprint density at radius 2 is 2.40 bits per heavy atom. The number of oxime groups is 1. The van der Waals surface area contributed by atoms with Crippen LogP contribution in [0.2, 0.25) is 0 Å². The predicted octanol–water partition coefficient (Wildman–Crippen LogP) is 2.17. The van der Waals surface area contributed by atoms with Gasteiger partial charge in [-0.3, -0.25) is 9.19 Å². The molecule has 1 fully saturated rings. The average molecular weight is 291 g/mol. The van der Waals surface area contributed by atoms with Crippen LogP contribution in [0, 0.1) is 24.2 Å². The predicted molar refractivity (Wildman–Crippen MR) is 76.7 cm³/mol. The molecule has 0 N–H and O–H groups in total. The first kappa shape index (κ1) is 14.7. The van der Waals surface area contributed by atoms with Gasteiger partial charge < -0.3 is 4.84 Å². The smallest absolute Gasteiger partial charge is 0.188 e. The van der Waals surface area contributed by atoms with Gasteiger partial charge in [0.2, 0.25) is 0 Å². The van der Waals surface area contributed by atoms with E-state index in [0.717, 1.165) is 0 Å². The normalized spacial score (nSPS) is 16.6. The molecule has 1 heterocycles. The molecular weight excluding hydrogens is 274 g/mol. The van der Waals surface area contributed by atoms with E-state index in [0.29, 0.717) is 34.4 Å². The zero-order valence-electron chi connectivity index (χ0n) is 11.6. The van der Waals surface area contributed by atoms with E-state index in [-0.39, 0.29) is 5.71 Å². The maximum absolute atomic E-state index is 11.9. The van der Waals surface area contributed by atoms with Gasteiger partial charge in [0.1, 0.15) is 12.7 Å². The molecule has 0 spiro atoms. The van der Waals surface area contributed by atoms with Crippen LogP contribution in [-0.2, 0) is 15.6 Å². The third-order valence-electron chi connectivity index (χ3n) is 3.09. The molecule has 1 saturated carbocycles. The maximum Gasteiger partial charge on any atom is 0.188 e. The minimum Gasteiger partial charge on any atom is -0.394 e. The number of hydrogen-bond acceptors (Lipinski definition) is 5. The zero-order valence-corrected chi connectivity index (χ0v) is 12.4. The van der Waals surface area contributed by atoms with Crippen molar-refractivity contribution in [2.75, 3.05) is 12.4 Å². The fourth-order valence-electron chi connectivity index (χ4n) is 1.66. The first-order chi connectivity index (χ1) is 9.65. The summed E-state index contributed by atoms with van der Waals surface area (Å²) in [5.41, 5.74) is 1.43. The highest BCUT2D eigenvalue weighted by Crippen LogP contribution is 2.28. The molecule has 2 rings (SSSR count). The van der Waals surface area contributed by atoms with Crippen molar-refractivity contribution in [3.63, 3.8) is 0 Å². The van der Waals surface area contributed by atoms with Crippen LogP contribution in [0.25, 0.3) is 0 Å². The standard InChI is InChI=1S/C14H17N3O2S/c1-3-20(18)14-6-12(8-16-10(14)2)13(7-15)17-19-9-11-4-5-11/h6,8,11H,3-5,9H2,1-2H3/b17-13+. The SMILES string of the molecule is CCS(=O)c1cc(/C(C#N)=N/OCC2CC2)cnc1C. The van der Waals surface area contributed by atoms with Crippen LogP contribution >= 0.6 is 0 Å². The second-order valence-corrected chi connectivity index (χ2v) is 6.44. The molecule has 1 atom stereocenters. The topological polar surface area (TPSA) is 75.3 Å². The summed E-state index contributed by atoms with van der Waals surface area (Å²) in [7, 11) is -1.10. The summed E-state index contributed by atoms with van der Waals surface area (Å²) < 4.78 is 11.9. The van der Waals surface area contributed by atoms with Crippen molar-refractivity contribution in [2.45, 2.75) is 31.6 Å². The zero-order chi connectivity index (χ0) is 14.5. The number of aromatic nitrogens is 1. The highest BCUT2D eigenvalue weighted by molar-refractivity contribution is 7.85. The van der Waals surface area contributed by atoms with Crippen LogP contribution < -0.4 is 0 Å². The van der Waals surface area contributed by atoms with Crippen LogP contribution in [0.1, 0.15) is 31.0 Å². The summed E-state index contributed by atoms with van der Waals surface area (Å²) in [6.07, 6.45) is 3.90. The Hall–Kier alpha value is -1.74. The summed E-state index contributed by atoms with van der Waals surface area (Å²) in [4.78, 5) is 10.0. The summed E-state index contributed by atoms with van der Waals surface area (Å²) in [6, 6.07) is 3.71. The Balaban J connectivity index is 2.20. The Bertz CT molecular complexity index is 589. The molecule has 1 unspecified atom stereocenters. The molecule has 5 nitrogen and oxygen atoms in total. The quantitative estimate of drug-likeness (QED) is 0.594. The number of rotatable bonds is 6. The maximum atomic E-state index is 11.9. The highest BCUT2D eigenvalue weighted by atomic mass is 32.2. The van der Waals surface area contributed by atoms with E-state index in [4.69, 9.17) is 10.1 Å². The van der Waals surface area contributed by atoms with Crippen molar-refractivity contribution < 1.29 is 9.05 Å². The monoisotopic (exact) mass is 291 g/mol. The minimum absolute atomic E-state index is 0.174. The summed E-state index contributed by atoms with van der Waals surface area (Å²) >= 11 is 0. The lowest BCUT2D eigenvalue weighted by Crippen LogP contribution is -2.06. The molecule has 0 saturated heterocycles. The number of aryl methyl sites for hydroxylation is 1. The minimum atomic E-state index is -1.10. The molecular formula is C14H17N3O2S. The van der Waals surface area contributed by atoms with Crippen molar-refractivity contribution in [3.8, 4) is 6.07 Å². The van der Waals surface area contributed by atoms with E-state index in [2.05, 4.69) is 10.1 Å². The Kier molecular flexibility index (Phi) is 4.85. The van der Waals surface area contributed by atoms with Gasteiger partial charge in [-0.15, -0.1) is 0 Å². The Morgan fingerprint density at radius 3 is 3.00 bits per heavy atom. The van der Waals surface area contributed by atoms with Gasteiger partial charge in [-0.05, 0) is 31.7 Å². The van der Waals surface area contributed by atoms with Crippen LogP contribution in [-0.4, -0.2) is 27.3 Å². The van der Waals surface area contributed by atoms with Crippen LogP contribution in [0.5, 0.6) is 0 Å². The van der Waals surface area contributed by atoms with Gasteiger partial charge in [0, 0.05) is 17.5 Å². The van der Waals surface area contributed by atoms with Gasteiger partial charge in [-0.2, -0.15) is 5.26 Å².